The lowest BCUT2D eigenvalue weighted by Crippen LogP contribution is -2.39. The van der Waals surface area contributed by atoms with E-state index in [0.717, 1.165) is 36.7 Å². The first-order chi connectivity index (χ1) is 11.1. The van der Waals surface area contributed by atoms with E-state index < -0.39 is 0 Å². The third-order valence-corrected chi connectivity index (χ3v) is 4.99. The average molecular weight is 330 g/mol. The number of anilines is 1. The molecular weight excluding hydrogens is 300 g/mol. The second-order valence-electron chi connectivity index (χ2n) is 9.24. The lowest BCUT2D eigenvalue weighted by atomic mass is 9.90. The zero-order chi connectivity index (χ0) is 17.7. The summed E-state index contributed by atoms with van der Waals surface area (Å²) in [6.45, 7) is 13.7. The van der Waals surface area contributed by atoms with E-state index in [-0.39, 0.29) is 22.8 Å². The van der Waals surface area contributed by atoms with Gasteiger partial charge in [0.1, 0.15) is 11.6 Å². The van der Waals surface area contributed by atoms with Gasteiger partial charge < -0.3 is 10.2 Å². The van der Waals surface area contributed by atoms with Gasteiger partial charge in [0.15, 0.2) is 0 Å². The molecule has 5 heteroatoms. The van der Waals surface area contributed by atoms with Crippen LogP contribution in [0, 0.1) is 0 Å². The van der Waals surface area contributed by atoms with Crippen molar-refractivity contribution in [2.45, 2.75) is 83.7 Å². The molecule has 0 saturated carbocycles. The summed E-state index contributed by atoms with van der Waals surface area (Å²) in [5.41, 5.74) is 0.936. The number of aromatic nitrogens is 2. The monoisotopic (exact) mass is 330 g/mol. The smallest absolute Gasteiger partial charge is 0.222 e. The van der Waals surface area contributed by atoms with Gasteiger partial charge in [0.25, 0.3) is 0 Å². The van der Waals surface area contributed by atoms with Crippen molar-refractivity contribution >= 4 is 11.7 Å². The molecule has 3 rings (SSSR count). The van der Waals surface area contributed by atoms with Crippen molar-refractivity contribution in [2.75, 3.05) is 11.4 Å². The van der Waals surface area contributed by atoms with E-state index in [1.165, 1.54) is 0 Å². The predicted octanol–water partition coefficient (Wildman–Crippen LogP) is 2.93. The van der Waals surface area contributed by atoms with E-state index >= 15 is 0 Å². The second-order valence-corrected chi connectivity index (χ2v) is 9.24. The standard InChI is InChI=1S/C19H30N4O/c1-18(2,3)14-10-15(22-17(21-14)19(4,5)6)23-12-7-8-13(23)11-20-16(24)9-12/h10,12-13H,7-9,11H2,1-6H3,(H,20,24). The highest BCUT2D eigenvalue weighted by molar-refractivity contribution is 5.78. The lowest BCUT2D eigenvalue weighted by molar-refractivity contribution is -0.121. The van der Waals surface area contributed by atoms with Crippen molar-refractivity contribution in [2.24, 2.45) is 0 Å². The number of carbonyl (C=O) groups excluding carboxylic acids is 1. The Labute approximate surface area is 145 Å². The maximum Gasteiger partial charge on any atom is 0.222 e. The molecule has 2 atom stereocenters. The minimum atomic E-state index is -0.102. The van der Waals surface area contributed by atoms with Gasteiger partial charge in [-0.1, -0.05) is 41.5 Å². The van der Waals surface area contributed by atoms with Gasteiger partial charge in [-0.05, 0) is 12.8 Å². The zero-order valence-corrected chi connectivity index (χ0v) is 15.8. The van der Waals surface area contributed by atoms with Crippen molar-refractivity contribution in [1.82, 2.24) is 15.3 Å². The van der Waals surface area contributed by atoms with Gasteiger partial charge in [0, 0.05) is 41.9 Å². The van der Waals surface area contributed by atoms with Crippen LogP contribution >= 0.6 is 0 Å². The number of nitrogens with one attached hydrogen (secondary N) is 1. The average Bonchev–Trinajstić information content (AvgIpc) is 2.76. The van der Waals surface area contributed by atoms with Crippen molar-refractivity contribution in [3.63, 3.8) is 0 Å². The molecule has 3 heterocycles. The van der Waals surface area contributed by atoms with Crippen LogP contribution in [0.3, 0.4) is 0 Å². The summed E-state index contributed by atoms with van der Waals surface area (Å²) < 4.78 is 0. The van der Waals surface area contributed by atoms with Crippen LogP contribution in [0.4, 0.5) is 5.82 Å². The minimum Gasteiger partial charge on any atom is -0.354 e. The van der Waals surface area contributed by atoms with E-state index in [4.69, 9.17) is 9.97 Å². The molecule has 0 aliphatic carbocycles. The number of nitrogens with zero attached hydrogens (tertiary/aromatic N) is 3. The molecule has 5 nitrogen and oxygen atoms in total. The summed E-state index contributed by atoms with van der Waals surface area (Å²) in [7, 11) is 0. The van der Waals surface area contributed by atoms with Gasteiger partial charge in [-0.15, -0.1) is 0 Å². The first-order valence-corrected chi connectivity index (χ1v) is 9.01. The summed E-state index contributed by atoms with van der Waals surface area (Å²) in [6, 6.07) is 2.74. The molecule has 2 bridgehead atoms. The topological polar surface area (TPSA) is 58.1 Å². The molecule has 2 aliphatic heterocycles. The summed E-state index contributed by atoms with van der Waals surface area (Å²) in [5, 5.41) is 3.04. The maximum atomic E-state index is 11.9. The number of hydrogen-bond donors (Lipinski definition) is 1. The fourth-order valence-corrected chi connectivity index (χ4v) is 3.54. The number of carbonyl (C=O) groups is 1. The predicted molar refractivity (Wildman–Crippen MR) is 96.3 cm³/mol. The Bertz CT molecular complexity index is 609. The van der Waals surface area contributed by atoms with E-state index in [1.54, 1.807) is 0 Å². The fourth-order valence-electron chi connectivity index (χ4n) is 3.54. The summed E-state index contributed by atoms with van der Waals surface area (Å²) in [6.07, 6.45) is 2.75. The van der Waals surface area contributed by atoms with E-state index in [9.17, 15) is 4.79 Å². The molecule has 24 heavy (non-hydrogen) atoms. The molecule has 2 unspecified atom stereocenters. The van der Waals surface area contributed by atoms with Crippen LogP contribution < -0.4 is 10.2 Å². The Morgan fingerprint density at radius 1 is 1.04 bits per heavy atom. The molecule has 0 aromatic carbocycles. The highest BCUT2D eigenvalue weighted by Gasteiger charge is 2.39. The Kier molecular flexibility index (Phi) is 4.09. The number of rotatable bonds is 1. The van der Waals surface area contributed by atoms with Crippen LogP contribution in [0.2, 0.25) is 0 Å². The molecule has 2 aliphatic rings. The zero-order valence-electron chi connectivity index (χ0n) is 15.8. The van der Waals surface area contributed by atoms with Crippen LogP contribution in [0.5, 0.6) is 0 Å². The van der Waals surface area contributed by atoms with Crippen LogP contribution in [0.25, 0.3) is 0 Å². The minimum absolute atomic E-state index is 0.0311. The molecular formula is C19H30N4O. The molecule has 2 saturated heterocycles. The fraction of sp³-hybridized carbons (Fsp3) is 0.737. The number of hydrogen-bond acceptors (Lipinski definition) is 4. The Morgan fingerprint density at radius 3 is 2.33 bits per heavy atom. The summed E-state index contributed by atoms with van der Waals surface area (Å²) >= 11 is 0. The van der Waals surface area contributed by atoms with Gasteiger partial charge >= 0.3 is 0 Å². The van der Waals surface area contributed by atoms with Crippen molar-refractivity contribution < 1.29 is 4.79 Å². The van der Waals surface area contributed by atoms with Crippen molar-refractivity contribution in [1.29, 1.82) is 0 Å². The molecule has 0 spiro atoms. The Hall–Kier alpha value is -1.65. The van der Waals surface area contributed by atoms with Gasteiger partial charge in [0.05, 0.1) is 5.69 Å². The quantitative estimate of drug-likeness (QED) is 0.860. The highest BCUT2D eigenvalue weighted by atomic mass is 16.1. The Morgan fingerprint density at radius 2 is 1.71 bits per heavy atom. The summed E-state index contributed by atoms with van der Waals surface area (Å²) in [4.78, 5) is 24.1. The van der Waals surface area contributed by atoms with Gasteiger partial charge in [-0.3, -0.25) is 4.79 Å². The number of amides is 1. The molecule has 1 N–H and O–H groups in total. The molecule has 1 amide bonds. The van der Waals surface area contributed by atoms with E-state index in [2.05, 4.69) is 57.8 Å². The normalized spacial score (nSPS) is 24.8. The van der Waals surface area contributed by atoms with Crippen LogP contribution in [0.1, 0.15) is 72.3 Å². The lowest BCUT2D eigenvalue weighted by Gasteiger charge is -2.31. The van der Waals surface area contributed by atoms with E-state index in [1.807, 2.05) is 0 Å². The second kappa shape index (κ2) is 5.71. The van der Waals surface area contributed by atoms with E-state index in [0.29, 0.717) is 12.5 Å². The van der Waals surface area contributed by atoms with Crippen molar-refractivity contribution in [3.8, 4) is 0 Å². The highest BCUT2D eigenvalue weighted by Crippen LogP contribution is 2.35. The molecule has 132 valence electrons. The van der Waals surface area contributed by atoms with Crippen LogP contribution in [-0.4, -0.2) is 34.5 Å². The van der Waals surface area contributed by atoms with Gasteiger partial charge in [-0.2, -0.15) is 0 Å². The van der Waals surface area contributed by atoms with Crippen molar-refractivity contribution in [3.05, 3.63) is 17.6 Å². The molecule has 0 radical (unpaired) electrons. The molecule has 1 aromatic heterocycles. The number of fused-ring (bicyclic) bond motifs is 2. The molecule has 1 aromatic rings. The van der Waals surface area contributed by atoms with Crippen LogP contribution in [0.15, 0.2) is 6.07 Å². The largest absolute Gasteiger partial charge is 0.354 e. The first kappa shape index (κ1) is 17.2. The third kappa shape index (κ3) is 3.26. The summed E-state index contributed by atoms with van der Waals surface area (Å²) in [5.74, 6) is 2.03. The first-order valence-electron chi connectivity index (χ1n) is 9.01. The maximum absolute atomic E-state index is 11.9. The Balaban J connectivity index is 2.08. The third-order valence-electron chi connectivity index (χ3n) is 4.99. The van der Waals surface area contributed by atoms with Crippen LogP contribution in [-0.2, 0) is 15.6 Å². The van der Waals surface area contributed by atoms with Gasteiger partial charge in [-0.25, -0.2) is 9.97 Å². The van der Waals surface area contributed by atoms with Gasteiger partial charge in [0.2, 0.25) is 5.91 Å². The SMILES string of the molecule is CC(C)(C)c1cc(N2C3CCC2CC(=O)NC3)nc(C(C)(C)C)n1. The molecule has 2 fully saturated rings.